The van der Waals surface area contributed by atoms with Crippen molar-refractivity contribution < 1.29 is 9.53 Å². The molecule has 8 nitrogen and oxygen atoms in total. The van der Waals surface area contributed by atoms with Crippen LogP contribution in [-0.2, 0) is 18.4 Å². The van der Waals surface area contributed by atoms with Crippen molar-refractivity contribution in [2.75, 3.05) is 12.4 Å². The van der Waals surface area contributed by atoms with Gasteiger partial charge in [-0.1, -0.05) is 19.9 Å². The average molecular weight is 423 g/mol. The van der Waals surface area contributed by atoms with Gasteiger partial charge in [0.2, 0.25) is 0 Å². The molecule has 0 unspecified atom stereocenters. The zero-order valence-corrected chi connectivity index (χ0v) is 18.6. The van der Waals surface area contributed by atoms with Gasteiger partial charge in [-0.05, 0) is 43.4 Å². The number of ether oxygens (including phenoxy) is 1. The molecule has 2 atom stereocenters. The van der Waals surface area contributed by atoms with Crippen molar-refractivity contribution in [3.05, 3.63) is 58.8 Å². The number of nitrogens with one attached hydrogen (secondary N) is 2. The average Bonchev–Trinajstić information content (AvgIpc) is 3.48. The lowest BCUT2D eigenvalue weighted by Gasteiger charge is -2.12. The highest BCUT2D eigenvalue weighted by Gasteiger charge is 2.29. The Morgan fingerprint density at radius 1 is 1.29 bits per heavy atom. The van der Waals surface area contributed by atoms with E-state index in [4.69, 9.17) is 9.72 Å². The van der Waals surface area contributed by atoms with Crippen molar-refractivity contribution in [3.63, 3.8) is 0 Å². The molecule has 8 heteroatoms. The largest absolute Gasteiger partial charge is 0.378 e. The summed E-state index contributed by atoms with van der Waals surface area (Å²) in [4.78, 5) is 17.5. The number of carbonyl (C=O) groups is 1. The second kappa shape index (κ2) is 9.01. The maximum atomic E-state index is 12.6. The number of aryl methyl sites for hydroxylation is 1. The molecule has 0 bridgehead atoms. The Morgan fingerprint density at radius 2 is 2.10 bits per heavy atom. The van der Waals surface area contributed by atoms with Gasteiger partial charge in [0.15, 0.2) is 5.82 Å². The number of methoxy groups -OCH3 is 1. The van der Waals surface area contributed by atoms with Crippen LogP contribution in [0.15, 0.2) is 30.3 Å². The Bertz CT molecular complexity index is 1050. The zero-order valence-electron chi connectivity index (χ0n) is 18.6. The summed E-state index contributed by atoms with van der Waals surface area (Å²) in [6.07, 6.45) is 3.22. The van der Waals surface area contributed by atoms with Crippen molar-refractivity contribution in [2.45, 2.75) is 57.5 Å². The number of rotatable bonds is 7. The predicted molar refractivity (Wildman–Crippen MR) is 118 cm³/mol. The maximum absolute atomic E-state index is 12.6. The van der Waals surface area contributed by atoms with Crippen LogP contribution in [0.1, 0.15) is 84.1 Å². The third kappa shape index (κ3) is 4.69. The number of aromatic amines is 1. The third-order valence-corrected chi connectivity index (χ3v) is 5.97. The van der Waals surface area contributed by atoms with E-state index in [-0.39, 0.29) is 5.91 Å². The number of nitrogens with zero attached hydrogens (tertiary/aromatic N) is 4. The van der Waals surface area contributed by atoms with Gasteiger partial charge in [0.25, 0.3) is 5.91 Å². The molecule has 31 heavy (non-hydrogen) atoms. The van der Waals surface area contributed by atoms with E-state index in [1.807, 2.05) is 6.07 Å². The molecule has 3 heterocycles. The summed E-state index contributed by atoms with van der Waals surface area (Å²) in [5.74, 6) is 1.56. The third-order valence-electron chi connectivity index (χ3n) is 5.97. The van der Waals surface area contributed by atoms with Gasteiger partial charge < -0.3 is 10.1 Å². The van der Waals surface area contributed by atoms with Gasteiger partial charge in [0.1, 0.15) is 5.69 Å². The molecule has 1 aliphatic rings. The number of hydrogen-bond donors (Lipinski definition) is 2. The Kier molecular flexibility index (Phi) is 6.18. The molecule has 4 rings (SSSR count). The first-order valence-electron chi connectivity index (χ1n) is 10.8. The summed E-state index contributed by atoms with van der Waals surface area (Å²) in [7, 11) is 3.34. The van der Waals surface area contributed by atoms with Crippen LogP contribution in [0.25, 0.3) is 0 Å². The summed E-state index contributed by atoms with van der Waals surface area (Å²) in [6.45, 7) is 4.72. The van der Waals surface area contributed by atoms with Crippen LogP contribution < -0.4 is 5.32 Å². The lowest BCUT2D eigenvalue weighted by molar-refractivity contribution is 0.101. The number of hydrogen-bond acceptors (Lipinski definition) is 5. The summed E-state index contributed by atoms with van der Waals surface area (Å²) >= 11 is 0. The molecule has 0 saturated heterocycles. The van der Waals surface area contributed by atoms with E-state index in [0.29, 0.717) is 41.6 Å². The molecule has 1 saturated carbocycles. The lowest BCUT2D eigenvalue weighted by Crippen LogP contribution is -2.16. The summed E-state index contributed by atoms with van der Waals surface area (Å²) in [6, 6.07) is 10.0. The second-order valence-electron chi connectivity index (χ2n) is 8.59. The van der Waals surface area contributed by atoms with Crippen molar-refractivity contribution in [2.24, 2.45) is 7.05 Å². The molecule has 0 spiro atoms. The molecule has 2 N–H and O–H groups in total. The minimum atomic E-state index is -0.241. The monoisotopic (exact) mass is 422 g/mol. The molecule has 0 radical (unpaired) electrons. The number of carbonyl (C=O) groups excluding carboxylic acids is 1. The van der Waals surface area contributed by atoms with Gasteiger partial charge in [-0.2, -0.15) is 10.2 Å². The molecule has 3 aromatic heterocycles. The van der Waals surface area contributed by atoms with E-state index in [2.05, 4.69) is 52.7 Å². The van der Waals surface area contributed by atoms with E-state index < -0.39 is 0 Å². The standard InChI is InChI=1S/C23H30N6O2/c1-14(2)18-6-5-7-19(24-18)15-8-9-16(10-15)20-12-22(27-26-20)25-23(30)21-11-17(13-31-4)28-29(21)3/h5-7,11-12,14-16H,8-10,13H2,1-4H3,(H2,25,26,27,30)/t15-,16-/m1/s1. The molecule has 1 fully saturated rings. The molecular weight excluding hydrogens is 392 g/mol. The fraction of sp³-hybridized carbons (Fsp3) is 0.478. The minimum absolute atomic E-state index is 0.241. The van der Waals surface area contributed by atoms with Crippen molar-refractivity contribution in [1.29, 1.82) is 0 Å². The van der Waals surface area contributed by atoms with Crippen LogP contribution in [0.4, 0.5) is 5.82 Å². The van der Waals surface area contributed by atoms with Crippen LogP contribution in [0.2, 0.25) is 0 Å². The summed E-state index contributed by atoms with van der Waals surface area (Å²) < 4.78 is 6.64. The van der Waals surface area contributed by atoms with Gasteiger partial charge in [0.05, 0.1) is 12.3 Å². The topological polar surface area (TPSA) is 97.7 Å². The Labute approximate surface area is 182 Å². The first-order chi connectivity index (χ1) is 14.9. The van der Waals surface area contributed by atoms with Crippen LogP contribution in [0.5, 0.6) is 0 Å². The number of aromatic nitrogens is 5. The summed E-state index contributed by atoms with van der Waals surface area (Å²) in [5.41, 5.74) is 4.57. The Balaban J connectivity index is 1.40. The van der Waals surface area contributed by atoms with Gasteiger partial charge in [-0.3, -0.25) is 19.6 Å². The summed E-state index contributed by atoms with van der Waals surface area (Å²) in [5, 5.41) is 14.6. The van der Waals surface area contributed by atoms with E-state index in [0.717, 1.165) is 30.7 Å². The Hall–Kier alpha value is -3.00. The van der Waals surface area contributed by atoms with Crippen LogP contribution >= 0.6 is 0 Å². The fourth-order valence-electron chi connectivity index (χ4n) is 4.30. The molecule has 1 aliphatic carbocycles. The molecule has 164 valence electrons. The normalized spacial score (nSPS) is 18.6. The highest BCUT2D eigenvalue weighted by molar-refractivity contribution is 6.02. The highest BCUT2D eigenvalue weighted by atomic mass is 16.5. The Morgan fingerprint density at radius 3 is 2.87 bits per heavy atom. The molecule has 0 aromatic carbocycles. The molecule has 1 amide bonds. The van der Waals surface area contributed by atoms with E-state index in [1.165, 1.54) is 5.69 Å². The number of amides is 1. The predicted octanol–water partition coefficient (Wildman–Crippen LogP) is 4.11. The van der Waals surface area contributed by atoms with Crippen LogP contribution in [0.3, 0.4) is 0 Å². The van der Waals surface area contributed by atoms with Crippen LogP contribution in [0, 0.1) is 0 Å². The SMILES string of the molecule is COCc1cc(C(=O)Nc2cc([C@@H]3CC[C@@H](c4cccc(C(C)C)n4)C3)[nH]n2)n(C)n1. The van der Waals surface area contributed by atoms with Gasteiger partial charge in [0, 0.05) is 49.1 Å². The lowest BCUT2D eigenvalue weighted by atomic mass is 9.98. The van der Waals surface area contributed by atoms with E-state index in [1.54, 1.807) is 24.9 Å². The smallest absolute Gasteiger partial charge is 0.275 e. The van der Waals surface area contributed by atoms with E-state index in [9.17, 15) is 4.79 Å². The first kappa shape index (κ1) is 21.2. The molecule has 3 aromatic rings. The molecular formula is C23H30N6O2. The first-order valence-corrected chi connectivity index (χ1v) is 10.8. The van der Waals surface area contributed by atoms with Crippen molar-refractivity contribution >= 4 is 11.7 Å². The van der Waals surface area contributed by atoms with Crippen LogP contribution in [-0.4, -0.2) is 38.0 Å². The quantitative estimate of drug-likeness (QED) is 0.597. The minimum Gasteiger partial charge on any atom is -0.378 e. The second-order valence-corrected chi connectivity index (χ2v) is 8.59. The van der Waals surface area contributed by atoms with Gasteiger partial charge in [-0.15, -0.1) is 0 Å². The number of pyridine rings is 1. The van der Waals surface area contributed by atoms with Gasteiger partial charge >= 0.3 is 0 Å². The fourth-order valence-corrected chi connectivity index (χ4v) is 4.30. The van der Waals surface area contributed by atoms with Crippen molar-refractivity contribution in [3.8, 4) is 0 Å². The maximum Gasteiger partial charge on any atom is 0.275 e. The molecule has 0 aliphatic heterocycles. The zero-order chi connectivity index (χ0) is 22.0. The number of H-pyrrole nitrogens is 1. The highest BCUT2D eigenvalue weighted by Crippen LogP contribution is 2.43. The van der Waals surface area contributed by atoms with Gasteiger partial charge in [-0.25, -0.2) is 0 Å². The number of anilines is 1. The van der Waals surface area contributed by atoms with Crippen molar-refractivity contribution in [1.82, 2.24) is 25.0 Å². The van der Waals surface area contributed by atoms with E-state index >= 15 is 0 Å².